The van der Waals surface area contributed by atoms with Crippen molar-refractivity contribution in [2.45, 2.75) is 12.7 Å². The Morgan fingerprint density at radius 2 is 2.00 bits per heavy atom. The van der Waals surface area contributed by atoms with Crippen molar-refractivity contribution in [3.8, 4) is 0 Å². The molecule has 6 heteroatoms. The number of nitrogens with two attached hydrogens (primary N) is 1. The average Bonchev–Trinajstić information content (AvgIpc) is 2.15. The molecule has 0 radical (unpaired) electrons. The van der Waals surface area contributed by atoms with E-state index in [1.807, 2.05) is 0 Å². The molecule has 0 saturated heterocycles. The minimum atomic E-state index is -4.58. The van der Waals surface area contributed by atoms with Gasteiger partial charge in [0.25, 0.3) is 0 Å². The Balaban J connectivity index is 3.32. The highest BCUT2D eigenvalue weighted by atomic mass is 19.4. The Morgan fingerprint density at radius 1 is 1.40 bits per heavy atom. The van der Waals surface area contributed by atoms with E-state index in [-0.39, 0.29) is 12.1 Å². The molecule has 1 aromatic rings. The van der Waals surface area contributed by atoms with Crippen molar-refractivity contribution in [1.29, 1.82) is 0 Å². The first-order chi connectivity index (χ1) is 6.86. The number of carbonyl (C=O) groups is 1. The molecule has 0 spiro atoms. The normalized spacial score (nSPS) is 11.5. The average molecular weight is 219 g/mol. The first kappa shape index (κ1) is 11.5. The lowest BCUT2D eigenvalue weighted by atomic mass is 10.0. The number of alkyl halides is 3. The minimum Gasteiger partial charge on any atom is -0.478 e. The third kappa shape index (κ3) is 2.47. The summed E-state index contributed by atoms with van der Waals surface area (Å²) >= 11 is 0. The Bertz CT molecular complexity index is 387. The number of aromatic carboxylic acids is 1. The van der Waals surface area contributed by atoms with E-state index in [4.69, 9.17) is 10.8 Å². The van der Waals surface area contributed by atoms with Crippen molar-refractivity contribution in [2.24, 2.45) is 5.73 Å². The number of carboxylic acid groups (broad SMARTS) is 1. The Morgan fingerprint density at radius 3 is 2.40 bits per heavy atom. The molecule has 0 amide bonds. The molecule has 82 valence electrons. The van der Waals surface area contributed by atoms with Crippen molar-refractivity contribution >= 4 is 5.97 Å². The Kier molecular flexibility index (Phi) is 2.99. The summed E-state index contributed by atoms with van der Waals surface area (Å²) in [7, 11) is 0. The van der Waals surface area contributed by atoms with Crippen LogP contribution >= 0.6 is 0 Å². The molecule has 3 N–H and O–H groups in total. The van der Waals surface area contributed by atoms with Crippen molar-refractivity contribution in [2.75, 3.05) is 0 Å². The summed E-state index contributed by atoms with van der Waals surface area (Å²) in [6.07, 6.45) is -4.58. The second kappa shape index (κ2) is 3.90. The van der Waals surface area contributed by atoms with Crippen molar-refractivity contribution in [1.82, 2.24) is 0 Å². The van der Waals surface area contributed by atoms with Crippen molar-refractivity contribution in [3.63, 3.8) is 0 Å². The molecular weight excluding hydrogens is 211 g/mol. The monoisotopic (exact) mass is 219 g/mol. The molecule has 3 nitrogen and oxygen atoms in total. The van der Waals surface area contributed by atoms with Gasteiger partial charge in [-0.25, -0.2) is 4.79 Å². The summed E-state index contributed by atoms with van der Waals surface area (Å²) in [6, 6.07) is 2.76. The van der Waals surface area contributed by atoms with E-state index in [1.165, 1.54) is 0 Å². The van der Waals surface area contributed by atoms with Gasteiger partial charge in [0.2, 0.25) is 0 Å². The zero-order valence-electron chi connectivity index (χ0n) is 7.51. The predicted molar refractivity (Wildman–Crippen MR) is 46.3 cm³/mol. The lowest BCUT2D eigenvalue weighted by molar-refractivity contribution is -0.138. The highest BCUT2D eigenvalue weighted by Crippen LogP contribution is 2.32. The highest BCUT2D eigenvalue weighted by molar-refractivity contribution is 5.87. The zero-order chi connectivity index (χ0) is 11.6. The van der Waals surface area contributed by atoms with Gasteiger partial charge in [0.15, 0.2) is 0 Å². The summed E-state index contributed by atoms with van der Waals surface area (Å²) in [4.78, 5) is 10.5. The van der Waals surface area contributed by atoms with Crippen LogP contribution < -0.4 is 5.73 Å². The molecule has 1 rings (SSSR count). The zero-order valence-corrected chi connectivity index (χ0v) is 7.51. The fourth-order valence-electron chi connectivity index (χ4n) is 1.15. The van der Waals surface area contributed by atoms with Crippen molar-refractivity contribution in [3.05, 3.63) is 34.9 Å². The van der Waals surface area contributed by atoms with E-state index in [2.05, 4.69) is 0 Å². The van der Waals surface area contributed by atoms with Crippen LogP contribution in [0.1, 0.15) is 21.5 Å². The van der Waals surface area contributed by atoms with Crippen LogP contribution in [0.15, 0.2) is 18.2 Å². The summed E-state index contributed by atoms with van der Waals surface area (Å²) < 4.78 is 37.3. The van der Waals surface area contributed by atoms with Crippen LogP contribution in [0.25, 0.3) is 0 Å². The molecule has 0 aliphatic carbocycles. The molecule has 0 heterocycles. The largest absolute Gasteiger partial charge is 0.478 e. The minimum absolute atomic E-state index is 0.118. The molecular formula is C9H8F3NO2. The van der Waals surface area contributed by atoms with E-state index in [0.29, 0.717) is 6.07 Å². The van der Waals surface area contributed by atoms with Gasteiger partial charge in [0, 0.05) is 6.54 Å². The standard InChI is InChI=1S/C9H8F3NO2/c10-9(11,12)7-3-5(8(14)15)1-2-6(7)4-13/h1-3H,4,13H2,(H,14,15). The van der Waals surface area contributed by atoms with Crippen LogP contribution in [-0.2, 0) is 12.7 Å². The van der Waals surface area contributed by atoms with Gasteiger partial charge < -0.3 is 10.8 Å². The number of hydrogen-bond acceptors (Lipinski definition) is 2. The van der Waals surface area contributed by atoms with Crippen LogP contribution in [0.5, 0.6) is 0 Å². The molecule has 0 bridgehead atoms. The first-order valence-electron chi connectivity index (χ1n) is 3.99. The second-order valence-electron chi connectivity index (χ2n) is 2.88. The SMILES string of the molecule is NCc1ccc(C(=O)O)cc1C(F)(F)F. The predicted octanol–water partition coefficient (Wildman–Crippen LogP) is 1.86. The summed E-state index contributed by atoms with van der Waals surface area (Å²) in [5.74, 6) is -1.40. The molecule has 0 aliphatic heterocycles. The van der Waals surface area contributed by atoms with Crippen molar-refractivity contribution < 1.29 is 23.1 Å². The third-order valence-corrected chi connectivity index (χ3v) is 1.88. The lowest BCUT2D eigenvalue weighted by Gasteiger charge is -2.11. The smallest absolute Gasteiger partial charge is 0.416 e. The molecule has 0 aliphatic rings. The molecule has 15 heavy (non-hydrogen) atoms. The van der Waals surface area contributed by atoms with Gasteiger partial charge in [-0.15, -0.1) is 0 Å². The lowest BCUT2D eigenvalue weighted by Crippen LogP contribution is -2.13. The fourth-order valence-corrected chi connectivity index (χ4v) is 1.15. The van der Waals surface area contributed by atoms with Crippen LogP contribution in [0.3, 0.4) is 0 Å². The van der Waals surface area contributed by atoms with E-state index >= 15 is 0 Å². The fraction of sp³-hybridized carbons (Fsp3) is 0.222. The van der Waals surface area contributed by atoms with E-state index in [1.54, 1.807) is 0 Å². The topological polar surface area (TPSA) is 63.3 Å². The van der Waals surface area contributed by atoms with Gasteiger partial charge in [-0.2, -0.15) is 13.2 Å². The van der Waals surface area contributed by atoms with Crippen LogP contribution in [0.4, 0.5) is 13.2 Å². The van der Waals surface area contributed by atoms with Gasteiger partial charge in [-0.3, -0.25) is 0 Å². The number of halogens is 3. The van der Waals surface area contributed by atoms with Gasteiger partial charge in [-0.05, 0) is 17.7 Å². The first-order valence-corrected chi connectivity index (χ1v) is 3.99. The number of rotatable bonds is 2. The molecule has 1 aromatic carbocycles. The van der Waals surface area contributed by atoms with E-state index in [0.717, 1.165) is 12.1 Å². The summed E-state index contributed by atoms with van der Waals surface area (Å²) in [5.41, 5.74) is 3.61. The van der Waals surface area contributed by atoms with Gasteiger partial charge in [0.1, 0.15) is 0 Å². The van der Waals surface area contributed by atoms with E-state index in [9.17, 15) is 18.0 Å². The Labute approximate surface area is 83.3 Å². The molecule has 0 saturated carbocycles. The molecule has 0 aromatic heterocycles. The molecule has 0 unspecified atom stereocenters. The van der Waals surface area contributed by atoms with E-state index < -0.39 is 23.3 Å². The number of benzene rings is 1. The second-order valence-corrected chi connectivity index (χ2v) is 2.88. The maximum Gasteiger partial charge on any atom is 0.416 e. The van der Waals surface area contributed by atoms with Gasteiger partial charge >= 0.3 is 12.1 Å². The van der Waals surface area contributed by atoms with Gasteiger partial charge in [0.05, 0.1) is 11.1 Å². The quantitative estimate of drug-likeness (QED) is 0.797. The van der Waals surface area contributed by atoms with Crippen LogP contribution in [0, 0.1) is 0 Å². The van der Waals surface area contributed by atoms with Gasteiger partial charge in [-0.1, -0.05) is 6.07 Å². The third-order valence-electron chi connectivity index (χ3n) is 1.88. The Hall–Kier alpha value is -1.56. The molecule has 0 fully saturated rings. The van der Waals surface area contributed by atoms with Crippen LogP contribution in [0.2, 0.25) is 0 Å². The molecule has 0 atom stereocenters. The van der Waals surface area contributed by atoms with Crippen LogP contribution in [-0.4, -0.2) is 11.1 Å². The maximum atomic E-state index is 12.4. The number of carboxylic acids is 1. The summed E-state index contributed by atoms with van der Waals surface area (Å²) in [6.45, 7) is -0.283. The maximum absolute atomic E-state index is 12.4. The number of hydrogen-bond donors (Lipinski definition) is 2. The highest BCUT2D eigenvalue weighted by Gasteiger charge is 2.33. The summed E-state index contributed by atoms with van der Waals surface area (Å²) in [5, 5.41) is 8.54.